The van der Waals surface area contributed by atoms with Crippen molar-refractivity contribution in [3.05, 3.63) is 23.8 Å². The van der Waals surface area contributed by atoms with Gasteiger partial charge in [-0.05, 0) is 25.5 Å². The van der Waals surface area contributed by atoms with Crippen molar-refractivity contribution in [3.8, 4) is 11.5 Å². The second kappa shape index (κ2) is 6.61. The molecule has 2 rings (SSSR count). The molecule has 1 heterocycles. The van der Waals surface area contributed by atoms with Crippen LogP contribution in [0.4, 0.5) is 0 Å². The van der Waals surface area contributed by atoms with Crippen LogP contribution in [-0.4, -0.2) is 25.2 Å². The Morgan fingerprint density at radius 3 is 3.15 bits per heavy atom. The summed E-state index contributed by atoms with van der Waals surface area (Å²) in [7, 11) is 0. The van der Waals surface area contributed by atoms with Crippen LogP contribution in [0.15, 0.2) is 18.2 Å². The first-order valence-electron chi connectivity index (χ1n) is 7.04. The van der Waals surface area contributed by atoms with Crippen LogP contribution in [0.5, 0.6) is 11.5 Å². The lowest BCUT2D eigenvalue weighted by Crippen LogP contribution is -2.35. The van der Waals surface area contributed by atoms with Gasteiger partial charge in [-0.3, -0.25) is 4.79 Å². The molecular weight excluding hydrogens is 256 g/mol. The van der Waals surface area contributed by atoms with E-state index in [1.54, 1.807) is 6.07 Å². The molecule has 0 saturated carbocycles. The monoisotopic (exact) mass is 278 g/mol. The summed E-state index contributed by atoms with van der Waals surface area (Å²) >= 11 is 0. The van der Waals surface area contributed by atoms with E-state index >= 15 is 0 Å². The molecule has 0 fully saturated rings. The van der Waals surface area contributed by atoms with E-state index in [1.165, 1.54) is 0 Å². The molecule has 0 aliphatic carbocycles. The first kappa shape index (κ1) is 14.7. The van der Waals surface area contributed by atoms with Gasteiger partial charge >= 0.3 is 0 Å². The Morgan fingerprint density at radius 2 is 2.40 bits per heavy atom. The van der Waals surface area contributed by atoms with Gasteiger partial charge in [-0.1, -0.05) is 13.3 Å². The third-order valence-corrected chi connectivity index (χ3v) is 3.30. The largest absolute Gasteiger partial charge is 0.491 e. The van der Waals surface area contributed by atoms with Crippen molar-refractivity contribution in [1.29, 1.82) is 0 Å². The summed E-state index contributed by atoms with van der Waals surface area (Å²) in [5.41, 5.74) is 6.86. The Morgan fingerprint density at radius 1 is 1.60 bits per heavy atom. The van der Waals surface area contributed by atoms with Crippen LogP contribution in [-0.2, 0) is 4.79 Å². The van der Waals surface area contributed by atoms with Gasteiger partial charge in [0.05, 0.1) is 6.04 Å². The Balaban J connectivity index is 1.84. The number of carbonyl (C=O) groups is 1. The predicted octanol–water partition coefficient (Wildman–Crippen LogP) is 1.76. The number of benzene rings is 1. The zero-order valence-corrected chi connectivity index (χ0v) is 12.0. The van der Waals surface area contributed by atoms with Crippen molar-refractivity contribution >= 4 is 5.91 Å². The van der Waals surface area contributed by atoms with E-state index in [0.29, 0.717) is 12.4 Å². The molecule has 1 amide bonds. The van der Waals surface area contributed by atoms with Gasteiger partial charge in [-0.15, -0.1) is 0 Å². The molecule has 110 valence electrons. The number of carbonyl (C=O) groups excluding carboxylic acids is 1. The van der Waals surface area contributed by atoms with Gasteiger partial charge in [0.25, 0.3) is 5.91 Å². The Hall–Kier alpha value is -1.75. The van der Waals surface area contributed by atoms with Crippen LogP contribution in [0, 0.1) is 0 Å². The van der Waals surface area contributed by atoms with Crippen molar-refractivity contribution in [2.75, 3.05) is 13.2 Å². The van der Waals surface area contributed by atoms with Crippen LogP contribution < -0.4 is 20.5 Å². The number of hydrogen-bond acceptors (Lipinski definition) is 4. The Labute approximate surface area is 119 Å². The van der Waals surface area contributed by atoms with Crippen molar-refractivity contribution < 1.29 is 14.3 Å². The number of fused-ring (bicyclic) bond motifs is 1. The summed E-state index contributed by atoms with van der Waals surface area (Å²) in [5, 5.41) is 2.90. The standard InChI is InChI=1S/C15H22N2O3/c1-3-4-10(2)17-15(18)9-19-11-5-6-12-13(16)8-20-14(12)7-11/h5-7,10,13H,3-4,8-9,16H2,1-2H3,(H,17,18). The van der Waals surface area contributed by atoms with Crippen LogP contribution in [0.25, 0.3) is 0 Å². The van der Waals surface area contributed by atoms with Crippen LogP contribution in [0.1, 0.15) is 38.3 Å². The molecule has 20 heavy (non-hydrogen) atoms. The molecule has 1 aliphatic heterocycles. The summed E-state index contributed by atoms with van der Waals surface area (Å²) in [5.74, 6) is 1.26. The maximum Gasteiger partial charge on any atom is 0.258 e. The first-order chi connectivity index (χ1) is 9.60. The van der Waals surface area contributed by atoms with E-state index in [-0.39, 0.29) is 24.6 Å². The second-order valence-corrected chi connectivity index (χ2v) is 5.16. The minimum absolute atomic E-state index is 0.0128. The van der Waals surface area contributed by atoms with Gasteiger partial charge in [0.15, 0.2) is 6.61 Å². The lowest BCUT2D eigenvalue weighted by atomic mass is 10.1. The number of hydrogen-bond donors (Lipinski definition) is 2. The Bertz CT molecular complexity index is 476. The zero-order chi connectivity index (χ0) is 14.5. The summed E-state index contributed by atoms with van der Waals surface area (Å²) < 4.78 is 10.9. The van der Waals surface area contributed by atoms with Crippen molar-refractivity contribution in [2.24, 2.45) is 5.73 Å². The van der Waals surface area contributed by atoms with E-state index in [0.717, 1.165) is 24.2 Å². The van der Waals surface area contributed by atoms with E-state index in [4.69, 9.17) is 15.2 Å². The number of nitrogens with one attached hydrogen (secondary N) is 1. The van der Waals surface area contributed by atoms with Gasteiger partial charge < -0.3 is 20.5 Å². The lowest BCUT2D eigenvalue weighted by Gasteiger charge is -2.13. The average molecular weight is 278 g/mol. The maximum atomic E-state index is 11.7. The van der Waals surface area contributed by atoms with Gasteiger partial charge in [0.1, 0.15) is 18.1 Å². The minimum atomic E-state index is -0.107. The summed E-state index contributed by atoms with van der Waals surface area (Å²) in [6.07, 6.45) is 2.01. The highest BCUT2D eigenvalue weighted by molar-refractivity contribution is 5.77. The molecule has 5 heteroatoms. The van der Waals surface area contributed by atoms with Gasteiger partial charge in [-0.25, -0.2) is 0 Å². The molecule has 3 N–H and O–H groups in total. The lowest BCUT2D eigenvalue weighted by molar-refractivity contribution is -0.123. The molecule has 0 spiro atoms. The fourth-order valence-electron chi connectivity index (χ4n) is 2.28. The predicted molar refractivity (Wildman–Crippen MR) is 76.9 cm³/mol. The summed E-state index contributed by atoms with van der Waals surface area (Å²) in [4.78, 5) is 11.7. The molecule has 2 unspecified atom stereocenters. The summed E-state index contributed by atoms with van der Waals surface area (Å²) in [6, 6.07) is 5.59. The number of nitrogens with two attached hydrogens (primary N) is 1. The molecule has 0 bridgehead atoms. The fourth-order valence-corrected chi connectivity index (χ4v) is 2.28. The highest BCUT2D eigenvalue weighted by atomic mass is 16.5. The van der Waals surface area contributed by atoms with E-state index in [9.17, 15) is 4.79 Å². The number of amides is 1. The molecular formula is C15H22N2O3. The third-order valence-electron chi connectivity index (χ3n) is 3.30. The third kappa shape index (κ3) is 3.63. The van der Waals surface area contributed by atoms with Crippen molar-refractivity contribution in [1.82, 2.24) is 5.32 Å². The number of ether oxygens (including phenoxy) is 2. The molecule has 0 aromatic heterocycles. The van der Waals surface area contributed by atoms with Crippen LogP contribution in [0.2, 0.25) is 0 Å². The molecule has 1 aromatic carbocycles. The molecule has 1 aromatic rings. The van der Waals surface area contributed by atoms with Gasteiger partial charge in [0.2, 0.25) is 0 Å². The first-order valence-corrected chi connectivity index (χ1v) is 7.04. The van der Waals surface area contributed by atoms with Gasteiger partial charge in [-0.2, -0.15) is 0 Å². The average Bonchev–Trinajstić information content (AvgIpc) is 2.78. The molecule has 0 radical (unpaired) electrons. The fraction of sp³-hybridized carbons (Fsp3) is 0.533. The topological polar surface area (TPSA) is 73.6 Å². The van der Waals surface area contributed by atoms with E-state index in [1.807, 2.05) is 19.1 Å². The zero-order valence-electron chi connectivity index (χ0n) is 12.0. The van der Waals surface area contributed by atoms with E-state index < -0.39 is 0 Å². The van der Waals surface area contributed by atoms with Gasteiger partial charge in [0, 0.05) is 17.7 Å². The smallest absolute Gasteiger partial charge is 0.258 e. The highest BCUT2D eigenvalue weighted by Crippen LogP contribution is 2.33. The SMILES string of the molecule is CCCC(C)NC(=O)COc1ccc2c(c1)OCC2N. The molecule has 0 saturated heterocycles. The second-order valence-electron chi connectivity index (χ2n) is 5.16. The number of rotatable bonds is 6. The molecule has 5 nitrogen and oxygen atoms in total. The minimum Gasteiger partial charge on any atom is -0.491 e. The van der Waals surface area contributed by atoms with Crippen LogP contribution >= 0.6 is 0 Å². The van der Waals surface area contributed by atoms with Crippen molar-refractivity contribution in [3.63, 3.8) is 0 Å². The van der Waals surface area contributed by atoms with Crippen molar-refractivity contribution in [2.45, 2.75) is 38.8 Å². The van der Waals surface area contributed by atoms with Crippen LogP contribution in [0.3, 0.4) is 0 Å². The summed E-state index contributed by atoms with van der Waals surface area (Å²) in [6.45, 7) is 4.59. The Kier molecular flexibility index (Phi) is 4.84. The molecule has 1 aliphatic rings. The normalized spacial score (nSPS) is 18.1. The van der Waals surface area contributed by atoms with E-state index in [2.05, 4.69) is 12.2 Å². The maximum absolute atomic E-state index is 11.7. The molecule has 2 atom stereocenters. The highest BCUT2D eigenvalue weighted by Gasteiger charge is 2.21. The quantitative estimate of drug-likeness (QED) is 0.831.